The second kappa shape index (κ2) is 14.4. The van der Waals surface area contributed by atoms with Gasteiger partial charge in [-0.05, 0) is 111 Å². The largest absolute Gasteiger partial charge is 0.497 e. The molecule has 0 spiro atoms. The fourth-order valence-corrected chi connectivity index (χ4v) is 6.42. The van der Waals surface area contributed by atoms with Crippen LogP contribution in [0.25, 0.3) is 0 Å². The van der Waals surface area contributed by atoms with Gasteiger partial charge in [0.15, 0.2) is 0 Å². The number of nitrogens with zero attached hydrogens (tertiary/aromatic N) is 3. The maximum Gasteiger partial charge on any atom is 0.306 e. The van der Waals surface area contributed by atoms with Crippen molar-refractivity contribution >= 4 is 23.4 Å². The Morgan fingerprint density at radius 2 is 1.76 bits per heavy atom. The van der Waals surface area contributed by atoms with Crippen molar-refractivity contribution in [1.82, 2.24) is 4.98 Å². The van der Waals surface area contributed by atoms with Crippen LogP contribution in [0.2, 0.25) is 0 Å². The molecule has 1 aromatic heterocycles. The van der Waals surface area contributed by atoms with Crippen LogP contribution in [0.3, 0.4) is 0 Å². The molecule has 8 heteroatoms. The van der Waals surface area contributed by atoms with E-state index < -0.39 is 0 Å². The topological polar surface area (TPSA) is 81.2 Å². The van der Waals surface area contributed by atoms with E-state index in [1.807, 2.05) is 60.4 Å². The molecule has 0 bridgehead atoms. The minimum absolute atomic E-state index is 0.0175. The first-order chi connectivity index (χ1) is 22.0. The third-order valence-electron chi connectivity index (χ3n) is 9.35. The number of anilines is 2. The summed E-state index contributed by atoms with van der Waals surface area (Å²) in [7, 11) is 1.66. The smallest absolute Gasteiger partial charge is 0.306 e. The average molecular weight is 612 g/mol. The van der Waals surface area contributed by atoms with Gasteiger partial charge in [0.05, 0.1) is 38.0 Å². The third-order valence-corrected chi connectivity index (χ3v) is 9.35. The third kappa shape index (κ3) is 7.96. The lowest BCUT2D eigenvalue weighted by molar-refractivity contribution is -0.143. The lowest BCUT2D eigenvalue weighted by Crippen LogP contribution is -2.38. The van der Waals surface area contributed by atoms with Crippen LogP contribution in [0.15, 0.2) is 66.9 Å². The van der Waals surface area contributed by atoms with E-state index in [0.29, 0.717) is 55.3 Å². The van der Waals surface area contributed by atoms with Gasteiger partial charge in [0.2, 0.25) is 0 Å². The molecule has 6 rings (SSSR count). The lowest BCUT2D eigenvalue weighted by atomic mass is 9.91. The molecule has 45 heavy (non-hydrogen) atoms. The van der Waals surface area contributed by atoms with E-state index in [0.717, 1.165) is 74.4 Å². The molecule has 3 fully saturated rings. The van der Waals surface area contributed by atoms with Crippen LogP contribution in [0, 0.1) is 17.8 Å². The van der Waals surface area contributed by atoms with Crippen LogP contribution in [0.1, 0.15) is 73.7 Å². The summed E-state index contributed by atoms with van der Waals surface area (Å²) in [5.41, 5.74) is 2.76. The number of aromatic nitrogens is 1. The molecule has 3 aliphatic rings. The van der Waals surface area contributed by atoms with Gasteiger partial charge in [-0.15, -0.1) is 0 Å². The number of amides is 1. The molecule has 1 unspecified atom stereocenters. The Kier molecular flexibility index (Phi) is 9.87. The fraction of sp³-hybridized carbons (Fsp3) is 0.486. The maximum absolute atomic E-state index is 14.1. The Balaban J connectivity index is 1.10. The zero-order valence-corrected chi connectivity index (χ0v) is 26.5. The molecule has 2 aromatic carbocycles. The minimum Gasteiger partial charge on any atom is -0.497 e. The van der Waals surface area contributed by atoms with Gasteiger partial charge >= 0.3 is 5.97 Å². The zero-order chi connectivity index (χ0) is 31.2. The minimum atomic E-state index is -0.124. The molecule has 0 N–H and O–H groups in total. The van der Waals surface area contributed by atoms with Crippen LogP contribution in [-0.2, 0) is 9.53 Å². The molecule has 1 saturated heterocycles. The van der Waals surface area contributed by atoms with Crippen molar-refractivity contribution in [2.75, 3.05) is 49.8 Å². The monoisotopic (exact) mass is 611 g/mol. The molecule has 2 saturated carbocycles. The van der Waals surface area contributed by atoms with E-state index in [-0.39, 0.29) is 17.8 Å². The van der Waals surface area contributed by atoms with Crippen LogP contribution < -0.4 is 19.3 Å². The molecular weight excluding hydrogens is 566 g/mol. The highest BCUT2D eigenvalue weighted by Gasteiger charge is 2.35. The number of pyridine rings is 1. The quantitative estimate of drug-likeness (QED) is 0.184. The SMILES string of the molecule is CCOC(=O)CC(c1cccc(OCC2CCN(c3cc(OC)ccc3C(=O)N(CC3CC3)c3ccccn3)CC2)c1)C1CC1. The van der Waals surface area contributed by atoms with Gasteiger partial charge in [-0.3, -0.25) is 14.5 Å². The van der Waals surface area contributed by atoms with Crippen LogP contribution in [-0.4, -0.2) is 56.8 Å². The van der Waals surface area contributed by atoms with Gasteiger partial charge in [0, 0.05) is 31.9 Å². The van der Waals surface area contributed by atoms with Gasteiger partial charge in [-0.25, -0.2) is 4.98 Å². The van der Waals surface area contributed by atoms with E-state index in [1.54, 1.807) is 13.3 Å². The number of rotatable bonds is 14. The summed E-state index contributed by atoms with van der Waals surface area (Å²) in [4.78, 5) is 35.0. The Labute approximate surface area is 266 Å². The number of benzene rings is 2. The highest BCUT2D eigenvalue weighted by molar-refractivity contribution is 6.09. The number of piperidine rings is 1. The number of carbonyl (C=O) groups is 2. The Hall–Kier alpha value is -4.07. The standard InChI is InChI=1S/C37H45N3O5/c1-3-44-36(41)23-33(28-12-13-28)29-7-6-8-31(21-29)45-25-27-16-19-39(20-17-27)34-22-30(43-2)14-15-32(34)37(42)40(24-26-10-11-26)35-9-4-5-18-38-35/h4-9,14-15,18,21-22,26-28,33H,3,10-13,16-17,19-20,23-25H2,1-2H3. The highest BCUT2D eigenvalue weighted by atomic mass is 16.5. The van der Waals surface area contributed by atoms with E-state index in [9.17, 15) is 9.59 Å². The number of hydrogen-bond acceptors (Lipinski definition) is 7. The van der Waals surface area contributed by atoms with E-state index in [4.69, 9.17) is 14.2 Å². The van der Waals surface area contributed by atoms with Crippen molar-refractivity contribution in [3.05, 3.63) is 78.0 Å². The molecule has 8 nitrogen and oxygen atoms in total. The molecule has 2 heterocycles. The number of ether oxygens (including phenoxy) is 3. The predicted octanol–water partition coefficient (Wildman–Crippen LogP) is 6.89. The van der Waals surface area contributed by atoms with Crippen molar-refractivity contribution in [1.29, 1.82) is 0 Å². The fourth-order valence-electron chi connectivity index (χ4n) is 6.42. The van der Waals surface area contributed by atoms with Gasteiger partial charge in [-0.1, -0.05) is 18.2 Å². The highest BCUT2D eigenvalue weighted by Crippen LogP contribution is 2.45. The molecule has 1 atom stereocenters. The van der Waals surface area contributed by atoms with Crippen molar-refractivity contribution in [2.45, 2.75) is 57.8 Å². The Morgan fingerprint density at radius 1 is 0.933 bits per heavy atom. The lowest BCUT2D eigenvalue weighted by Gasteiger charge is -2.35. The number of carbonyl (C=O) groups excluding carboxylic acids is 2. The first kappa shape index (κ1) is 30.9. The molecule has 0 radical (unpaired) electrons. The van der Waals surface area contributed by atoms with Crippen molar-refractivity contribution in [2.24, 2.45) is 17.8 Å². The molecular formula is C37H45N3O5. The molecule has 238 valence electrons. The zero-order valence-electron chi connectivity index (χ0n) is 26.5. The van der Waals surface area contributed by atoms with Gasteiger partial charge in [0.25, 0.3) is 5.91 Å². The van der Waals surface area contributed by atoms with Crippen molar-refractivity contribution in [3.8, 4) is 11.5 Å². The second-order valence-corrected chi connectivity index (χ2v) is 12.7. The number of hydrogen-bond donors (Lipinski definition) is 0. The first-order valence-corrected chi connectivity index (χ1v) is 16.6. The van der Waals surface area contributed by atoms with E-state index in [1.165, 1.54) is 0 Å². The number of methoxy groups -OCH3 is 1. The van der Waals surface area contributed by atoms with E-state index in [2.05, 4.69) is 22.0 Å². The van der Waals surface area contributed by atoms with Gasteiger partial charge < -0.3 is 19.1 Å². The van der Waals surface area contributed by atoms with Crippen LogP contribution in [0.4, 0.5) is 11.5 Å². The normalized spacial score (nSPS) is 17.4. The summed E-state index contributed by atoms with van der Waals surface area (Å²) in [6, 6.07) is 19.8. The molecule has 2 aliphatic carbocycles. The Morgan fingerprint density at radius 3 is 2.44 bits per heavy atom. The summed E-state index contributed by atoms with van der Waals surface area (Å²) in [6.07, 6.45) is 8.73. The summed E-state index contributed by atoms with van der Waals surface area (Å²) in [5.74, 6) is 3.83. The second-order valence-electron chi connectivity index (χ2n) is 12.7. The Bertz CT molecular complexity index is 1450. The van der Waals surface area contributed by atoms with Crippen molar-refractivity contribution in [3.63, 3.8) is 0 Å². The molecule has 3 aromatic rings. The van der Waals surface area contributed by atoms with E-state index >= 15 is 0 Å². The predicted molar refractivity (Wildman–Crippen MR) is 175 cm³/mol. The summed E-state index contributed by atoms with van der Waals surface area (Å²) >= 11 is 0. The van der Waals surface area contributed by atoms with Gasteiger partial charge in [0.1, 0.15) is 17.3 Å². The van der Waals surface area contributed by atoms with Gasteiger partial charge in [-0.2, -0.15) is 0 Å². The summed E-state index contributed by atoms with van der Waals surface area (Å²) in [5, 5.41) is 0. The first-order valence-electron chi connectivity index (χ1n) is 16.6. The van der Waals surface area contributed by atoms with Crippen LogP contribution in [0.5, 0.6) is 11.5 Å². The molecule has 1 aliphatic heterocycles. The van der Waals surface area contributed by atoms with Crippen LogP contribution >= 0.6 is 0 Å². The maximum atomic E-state index is 14.1. The molecule has 1 amide bonds. The summed E-state index contributed by atoms with van der Waals surface area (Å²) < 4.78 is 17.2. The van der Waals surface area contributed by atoms with Crippen molar-refractivity contribution < 1.29 is 23.8 Å². The number of esters is 1. The average Bonchev–Trinajstić information content (AvgIpc) is 4.02. The summed E-state index contributed by atoms with van der Waals surface area (Å²) in [6.45, 7) is 5.26.